The molecule has 35 heavy (non-hydrogen) atoms. The molecule has 2 aromatic rings. The van der Waals surface area contributed by atoms with Crippen LogP contribution in [0.5, 0.6) is 0 Å². The van der Waals surface area contributed by atoms with Crippen molar-refractivity contribution in [3.05, 3.63) is 91.5 Å². The Kier molecular flexibility index (Phi) is 19.6. The van der Waals surface area contributed by atoms with Crippen LogP contribution >= 0.6 is 0 Å². The summed E-state index contributed by atoms with van der Waals surface area (Å²) in [5.74, 6) is -9.26. The van der Waals surface area contributed by atoms with Gasteiger partial charge in [-0.2, -0.15) is 17.6 Å². The van der Waals surface area contributed by atoms with Gasteiger partial charge in [0.2, 0.25) is 5.78 Å². The van der Waals surface area contributed by atoms with Crippen molar-refractivity contribution in [2.24, 2.45) is 0 Å². The van der Waals surface area contributed by atoms with Gasteiger partial charge in [-0.15, -0.1) is 13.2 Å². The van der Waals surface area contributed by atoms with Gasteiger partial charge in [-0.25, -0.2) is 4.79 Å². The quantitative estimate of drug-likeness (QED) is 0.170. The number of rotatable bonds is 9. The van der Waals surface area contributed by atoms with Crippen molar-refractivity contribution >= 4 is 17.4 Å². The minimum Gasteiger partial charge on any atom is -0.462 e. The Labute approximate surface area is 206 Å². The minimum atomic E-state index is -3.42. The Balaban J connectivity index is -0.000000453. The van der Waals surface area contributed by atoms with Crippen LogP contribution < -0.4 is 5.73 Å². The van der Waals surface area contributed by atoms with Crippen LogP contribution in [0.1, 0.15) is 40.2 Å². The molecule has 2 rings (SSSR count). The number of para-hydroxylation sites is 1. The third-order valence-electron chi connectivity index (χ3n) is 3.79. The van der Waals surface area contributed by atoms with Crippen molar-refractivity contribution in [1.82, 2.24) is 0 Å². The van der Waals surface area contributed by atoms with E-state index in [-0.39, 0.29) is 27.9 Å². The van der Waals surface area contributed by atoms with Gasteiger partial charge in [0.15, 0.2) is 0 Å². The molecule has 0 spiro atoms. The van der Waals surface area contributed by atoms with E-state index in [0.717, 1.165) is 17.8 Å². The lowest BCUT2D eigenvalue weighted by molar-refractivity contribution is -0.170. The van der Waals surface area contributed by atoms with Gasteiger partial charge in [0.1, 0.15) is 0 Å². The number of esters is 1. The highest BCUT2D eigenvalue weighted by Gasteiger charge is 2.38. The maximum absolute atomic E-state index is 13.1. The molecule has 2 N–H and O–H groups in total. The van der Waals surface area contributed by atoms with Crippen LogP contribution in [0, 0.1) is 0 Å². The Morgan fingerprint density at radius 1 is 0.857 bits per heavy atom. The number of nitrogen functional groups attached to an aromatic ring is 1. The normalized spacial score (nSPS) is 9.86. The van der Waals surface area contributed by atoms with Crippen molar-refractivity contribution in [2.45, 2.75) is 52.9 Å². The fourth-order valence-electron chi connectivity index (χ4n) is 2.16. The second-order valence-electron chi connectivity index (χ2n) is 6.61. The summed E-state index contributed by atoms with van der Waals surface area (Å²) in [6, 6.07) is 18.0. The number of Topliss-reactive ketones (excluding diaryl/α,β-unsaturated/α-hetero) is 1. The molecule has 0 fully saturated rings. The van der Waals surface area contributed by atoms with Crippen LogP contribution in [0.2, 0.25) is 0 Å². The number of ether oxygens (including phenoxy) is 1. The molecule has 0 amide bonds. The van der Waals surface area contributed by atoms with Crippen molar-refractivity contribution in [3.8, 4) is 0 Å². The Bertz CT molecular complexity index is 857. The molecular weight excluding hydrogens is 462 g/mol. The maximum Gasteiger partial charge on any atom is 0.377 e. The van der Waals surface area contributed by atoms with Gasteiger partial charge in [0, 0.05) is 24.9 Å². The van der Waals surface area contributed by atoms with E-state index in [9.17, 15) is 27.2 Å². The predicted molar refractivity (Wildman–Crippen MR) is 136 cm³/mol. The van der Waals surface area contributed by atoms with Crippen molar-refractivity contribution in [1.29, 1.82) is 0 Å². The summed E-state index contributed by atoms with van der Waals surface area (Å²) in [7, 11) is 0. The highest BCUT2D eigenvalue weighted by Crippen LogP contribution is 2.22. The smallest absolute Gasteiger partial charge is 0.377 e. The summed E-state index contributed by atoms with van der Waals surface area (Å²) < 4.78 is 55.2. The molecular formula is C27H37F4NO3. The summed E-state index contributed by atoms with van der Waals surface area (Å²) in [6.45, 7) is 7.74. The first kappa shape index (κ1) is 36.2. The van der Waals surface area contributed by atoms with Crippen LogP contribution in [0.15, 0.2) is 86.0 Å². The summed E-state index contributed by atoms with van der Waals surface area (Å²) in [4.78, 5) is 21.7. The third kappa shape index (κ3) is 15.9. The van der Waals surface area contributed by atoms with Gasteiger partial charge >= 0.3 is 17.8 Å². The number of anilines is 1. The predicted octanol–water partition coefficient (Wildman–Crippen LogP) is 7.31. The molecule has 0 atom stereocenters. The molecule has 4 nitrogen and oxygen atoms in total. The van der Waals surface area contributed by atoms with Gasteiger partial charge in [-0.1, -0.05) is 75.5 Å². The summed E-state index contributed by atoms with van der Waals surface area (Å²) in [5.41, 5.74) is 6.78. The van der Waals surface area contributed by atoms with Crippen LogP contribution in [-0.2, 0) is 20.7 Å². The zero-order valence-electron chi connectivity index (χ0n) is 18.5. The Hall–Kier alpha value is -3.42. The Morgan fingerprint density at radius 3 is 1.66 bits per heavy atom. The number of alkyl halides is 4. The molecule has 196 valence electrons. The van der Waals surface area contributed by atoms with Gasteiger partial charge < -0.3 is 10.5 Å². The number of carbonyl (C=O) groups is 2. The van der Waals surface area contributed by atoms with Crippen molar-refractivity contribution in [3.63, 3.8) is 0 Å². The van der Waals surface area contributed by atoms with E-state index in [1.54, 1.807) is 30.3 Å². The van der Waals surface area contributed by atoms with Crippen molar-refractivity contribution < 1.29 is 31.9 Å². The van der Waals surface area contributed by atoms with E-state index in [0.29, 0.717) is 5.56 Å². The van der Waals surface area contributed by atoms with E-state index in [4.69, 9.17) is 5.73 Å². The lowest BCUT2D eigenvalue weighted by atomic mass is 10.0. The topological polar surface area (TPSA) is 69.4 Å². The lowest BCUT2D eigenvalue weighted by Gasteiger charge is -2.12. The van der Waals surface area contributed by atoms with E-state index in [1.807, 2.05) is 30.3 Å². The first-order valence-electron chi connectivity index (χ1n) is 10.0. The molecule has 8 heteroatoms. The standard InChI is InChI=1S/C12H12F2O.C7H10F2O2.C6H7N.2CH4/c1-2-8-12(13,14)11(15)9-10-6-4-3-5-7-10;1-3-5-7(8,9)6(10)11-4-2;7-6-4-2-1-3-5-6;;/h2-7H,1,8-9H2;3H,1,4-5H2,2H3;1-5H,7H2;2*1H4. The molecule has 0 heterocycles. The molecule has 0 radical (unpaired) electrons. The van der Waals surface area contributed by atoms with Crippen LogP contribution in [0.25, 0.3) is 0 Å². The maximum atomic E-state index is 13.1. The number of ketones is 1. The molecule has 0 aliphatic carbocycles. The number of nitrogens with two attached hydrogens (primary N) is 1. The summed E-state index contributed by atoms with van der Waals surface area (Å²) >= 11 is 0. The van der Waals surface area contributed by atoms with E-state index in [2.05, 4.69) is 17.9 Å². The van der Waals surface area contributed by atoms with Crippen LogP contribution in [0.4, 0.5) is 23.2 Å². The Morgan fingerprint density at radius 2 is 1.29 bits per heavy atom. The molecule has 0 aliphatic heterocycles. The number of halogens is 4. The number of allylic oxidation sites excluding steroid dienone is 2. The molecule has 0 aromatic heterocycles. The van der Waals surface area contributed by atoms with Gasteiger partial charge in [-0.3, -0.25) is 4.79 Å². The molecule has 0 unspecified atom stereocenters. The molecule has 0 saturated carbocycles. The van der Waals surface area contributed by atoms with Gasteiger partial charge in [-0.05, 0) is 24.6 Å². The third-order valence-corrected chi connectivity index (χ3v) is 3.79. The zero-order valence-corrected chi connectivity index (χ0v) is 18.5. The lowest BCUT2D eigenvalue weighted by Crippen LogP contribution is -2.29. The zero-order chi connectivity index (χ0) is 25.3. The monoisotopic (exact) mass is 499 g/mol. The highest BCUT2D eigenvalue weighted by atomic mass is 19.3. The SMILES string of the molecule is C.C.C=CCC(F)(F)C(=O)Cc1ccccc1.C=CCC(F)(F)C(=O)OCC.Nc1ccccc1. The number of carbonyl (C=O) groups excluding carboxylic acids is 2. The van der Waals surface area contributed by atoms with Crippen LogP contribution in [-0.4, -0.2) is 30.2 Å². The number of hydrogen-bond acceptors (Lipinski definition) is 4. The van der Waals surface area contributed by atoms with Crippen LogP contribution in [0.3, 0.4) is 0 Å². The largest absolute Gasteiger partial charge is 0.462 e. The van der Waals surface area contributed by atoms with E-state index >= 15 is 0 Å². The molecule has 0 saturated heterocycles. The van der Waals surface area contributed by atoms with E-state index < -0.39 is 36.4 Å². The fourth-order valence-corrected chi connectivity index (χ4v) is 2.16. The summed E-state index contributed by atoms with van der Waals surface area (Å²) in [6.07, 6.45) is 0.534. The van der Waals surface area contributed by atoms with Crippen molar-refractivity contribution in [2.75, 3.05) is 12.3 Å². The fraction of sp³-hybridized carbons (Fsp3) is 0.333. The number of benzene rings is 2. The average Bonchev–Trinajstić information content (AvgIpc) is 2.76. The second kappa shape index (κ2) is 18.9. The second-order valence-corrected chi connectivity index (χ2v) is 6.61. The first-order chi connectivity index (χ1) is 15.5. The number of hydrogen-bond donors (Lipinski definition) is 1. The average molecular weight is 500 g/mol. The molecule has 0 aliphatic rings. The first-order valence-corrected chi connectivity index (χ1v) is 10.0. The highest BCUT2D eigenvalue weighted by molar-refractivity contribution is 5.87. The van der Waals surface area contributed by atoms with Gasteiger partial charge in [0.25, 0.3) is 0 Å². The summed E-state index contributed by atoms with van der Waals surface area (Å²) in [5, 5.41) is 0. The minimum absolute atomic E-state index is 0. The molecule has 2 aromatic carbocycles. The van der Waals surface area contributed by atoms with E-state index in [1.165, 1.54) is 6.92 Å². The molecule has 0 bridgehead atoms. The van der Waals surface area contributed by atoms with Gasteiger partial charge in [0.05, 0.1) is 6.61 Å².